The van der Waals surface area contributed by atoms with Crippen molar-refractivity contribution in [2.24, 2.45) is 5.73 Å². The molecule has 34 heavy (non-hydrogen) atoms. The third-order valence-electron chi connectivity index (χ3n) is 5.29. The third-order valence-corrected chi connectivity index (χ3v) is 7.92. The van der Waals surface area contributed by atoms with Crippen LogP contribution >= 0.6 is 22.6 Å². The lowest BCUT2D eigenvalue weighted by Crippen LogP contribution is -2.38. The number of aliphatic hydroxyl groups is 1. The van der Waals surface area contributed by atoms with E-state index in [1.165, 1.54) is 19.2 Å². The van der Waals surface area contributed by atoms with Gasteiger partial charge >= 0.3 is 0 Å². The maximum Gasteiger partial charge on any atom is 0.283 e. The van der Waals surface area contributed by atoms with Crippen LogP contribution in [0, 0.1) is 3.57 Å². The number of hydrogen-bond acceptors (Lipinski definition) is 7. The van der Waals surface area contributed by atoms with E-state index in [0.29, 0.717) is 12.2 Å². The highest BCUT2D eigenvalue weighted by Crippen LogP contribution is 2.31. The Kier molecular flexibility index (Phi) is 9.31. The number of methoxy groups -OCH3 is 1. The number of sulfonamides is 1. The van der Waals surface area contributed by atoms with Crippen LogP contribution in [-0.4, -0.2) is 63.4 Å². The van der Waals surface area contributed by atoms with E-state index in [4.69, 9.17) is 19.9 Å². The van der Waals surface area contributed by atoms with Gasteiger partial charge in [0.05, 0.1) is 25.2 Å². The summed E-state index contributed by atoms with van der Waals surface area (Å²) in [6, 6.07) is 13.9. The minimum atomic E-state index is -3.86. The fourth-order valence-electron chi connectivity index (χ4n) is 3.52. The topological polar surface area (TPSA) is 128 Å². The van der Waals surface area contributed by atoms with Crippen molar-refractivity contribution in [2.45, 2.75) is 23.5 Å². The molecule has 9 nitrogen and oxygen atoms in total. The van der Waals surface area contributed by atoms with E-state index in [1.54, 1.807) is 18.2 Å². The number of amides is 1. The van der Waals surface area contributed by atoms with Crippen LogP contribution in [0.1, 0.15) is 17.9 Å². The number of nitrogens with zero attached hydrogens (tertiary/aromatic N) is 1. The fourth-order valence-corrected chi connectivity index (χ4v) is 5.29. The summed E-state index contributed by atoms with van der Waals surface area (Å²) in [7, 11) is -2.37. The maximum absolute atomic E-state index is 13.0. The number of hydrogen-bond donors (Lipinski definition) is 2. The second-order valence-corrected chi connectivity index (χ2v) is 10.7. The summed E-state index contributed by atoms with van der Waals surface area (Å²) in [5.74, 6) is -0.299. The van der Waals surface area contributed by atoms with Crippen LogP contribution < -0.4 is 10.5 Å². The van der Waals surface area contributed by atoms with Gasteiger partial charge in [-0.25, -0.2) is 8.42 Å². The van der Waals surface area contributed by atoms with Gasteiger partial charge in [-0.15, -0.1) is 0 Å². The van der Waals surface area contributed by atoms with Crippen molar-refractivity contribution in [1.82, 2.24) is 4.31 Å². The summed E-state index contributed by atoms with van der Waals surface area (Å²) in [5, 5.41) is 9.40. The summed E-state index contributed by atoms with van der Waals surface area (Å²) in [6.45, 7) is -0.468. The van der Waals surface area contributed by atoms with Crippen LogP contribution in [0.5, 0.6) is 5.75 Å². The smallest absolute Gasteiger partial charge is 0.283 e. The number of aliphatic hydroxyl groups excluding tert-OH is 1. The number of carbonyl (C=O) groups excluding carboxylic acids is 1. The second-order valence-electron chi connectivity index (χ2n) is 7.51. The van der Waals surface area contributed by atoms with Gasteiger partial charge in [0.1, 0.15) is 5.75 Å². The predicted molar refractivity (Wildman–Crippen MR) is 133 cm³/mol. The molecule has 184 valence electrons. The number of benzene rings is 2. The molecule has 2 aromatic rings. The van der Waals surface area contributed by atoms with Crippen LogP contribution in [0.4, 0.5) is 0 Å². The Morgan fingerprint density at radius 3 is 2.44 bits per heavy atom. The van der Waals surface area contributed by atoms with Gasteiger partial charge in [0.25, 0.3) is 5.91 Å². The van der Waals surface area contributed by atoms with E-state index in [0.717, 1.165) is 13.4 Å². The Bertz CT molecular complexity index is 1110. The highest BCUT2D eigenvalue weighted by Gasteiger charge is 2.29. The molecule has 0 spiro atoms. The molecule has 1 amide bonds. The molecule has 0 radical (unpaired) electrons. The van der Waals surface area contributed by atoms with Crippen molar-refractivity contribution in [3.05, 3.63) is 69.5 Å². The molecule has 2 atom stereocenters. The number of carbonyl (C=O) groups is 1. The Morgan fingerprint density at radius 2 is 1.85 bits per heavy atom. The first kappa shape index (κ1) is 26.4. The van der Waals surface area contributed by atoms with E-state index >= 15 is 0 Å². The van der Waals surface area contributed by atoms with Crippen LogP contribution in [0.3, 0.4) is 0 Å². The van der Waals surface area contributed by atoms with Crippen molar-refractivity contribution in [1.29, 1.82) is 0 Å². The number of allylic oxidation sites excluding steroid dienone is 1. The predicted octanol–water partition coefficient (Wildman–Crippen LogP) is 2.20. The lowest BCUT2D eigenvalue weighted by molar-refractivity contribution is -0.144. The van der Waals surface area contributed by atoms with Crippen molar-refractivity contribution in [2.75, 3.05) is 33.4 Å². The molecule has 0 aliphatic carbocycles. The summed E-state index contributed by atoms with van der Waals surface area (Å²) in [6.07, 6.45) is 1.33. The Morgan fingerprint density at radius 1 is 1.18 bits per heavy atom. The van der Waals surface area contributed by atoms with Gasteiger partial charge in [0.15, 0.2) is 5.76 Å². The molecule has 3 rings (SSSR count). The lowest BCUT2D eigenvalue weighted by atomic mass is 9.93. The summed E-state index contributed by atoms with van der Waals surface area (Å²) in [4.78, 5) is 11.9. The van der Waals surface area contributed by atoms with Crippen molar-refractivity contribution in [3.63, 3.8) is 0 Å². The molecule has 0 fully saturated rings. The van der Waals surface area contributed by atoms with Crippen molar-refractivity contribution in [3.8, 4) is 5.75 Å². The van der Waals surface area contributed by atoms with Gasteiger partial charge in [0.2, 0.25) is 16.3 Å². The fraction of sp³-hybridized carbons (Fsp3) is 0.348. The number of primary amides is 1. The number of halogens is 1. The highest BCUT2D eigenvalue weighted by atomic mass is 127. The van der Waals surface area contributed by atoms with E-state index in [2.05, 4.69) is 22.6 Å². The average molecular weight is 602 g/mol. The van der Waals surface area contributed by atoms with Gasteiger partial charge in [-0.3, -0.25) is 4.79 Å². The normalized spacial score (nSPS) is 18.3. The first-order chi connectivity index (χ1) is 16.2. The Hall–Kier alpha value is -2.19. The zero-order valence-electron chi connectivity index (χ0n) is 18.6. The van der Waals surface area contributed by atoms with Gasteiger partial charge in [-0.2, -0.15) is 4.31 Å². The molecule has 0 unspecified atom stereocenters. The van der Waals surface area contributed by atoms with E-state index < -0.39 is 22.2 Å². The largest absolute Gasteiger partial charge is 0.497 e. The van der Waals surface area contributed by atoms with Gasteiger partial charge in [-0.1, -0.05) is 12.1 Å². The number of rotatable bonds is 11. The molecule has 0 saturated carbocycles. The molecule has 11 heteroatoms. The molecule has 0 bridgehead atoms. The summed E-state index contributed by atoms with van der Waals surface area (Å²) < 4.78 is 44.7. The molecule has 0 aromatic heterocycles. The first-order valence-electron chi connectivity index (χ1n) is 10.5. The van der Waals surface area contributed by atoms with Crippen LogP contribution in [0.15, 0.2) is 65.3 Å². The van der Waals surface area contributed by atoms with Crippen molar-refractivity contribution >= 4 is 38.5 Å². The van der Waals surface area contributed by atoms with Gasteiger partial charge < -0.3 is 25.1 Å². The third kappa shape index (κ3) is 6.69. The summed E-state index contributed by atoms with van der Waals surface area (Å²) in [5.41, 5.74) is 6.43. The molecular formula is C23H27IN2O7S. The number of ether oxygens (including phenoxy) is 3. The van der Waals surface area contributed by atoms with Crippen LogP contribution in [0.2, 0.25) is 0 Å². The Balaban J connectivity index is 1.67. The zero-order chi connectivity index (χ0) is 24.7. The van der Waals surface area contributed by atoms with E-state index in [-0.39, 0.29) is 42.9 Å². The molecule has 1 aliphatic heterocycles. The van der Waals surface area contributed by atoms with Gasteiger partial charge in [0, 0.05) is 29.0 Å². The van der Waals surface area contributed by atoms with E-state index in [9.17, 15) is 18.3 Å². The monoisotopic (exact) mass is 602 g/mol. The van der Waals surface area contributed by atoms with E-state index in [1.807, 2.05) is 24.3 Å². The molecule has 2 aromatic carbocycles. The molecule has 1 aliphatic rings. The Labute approximate surface area is 212 Å². The quantitative estimate of drug-likeness (QED) is 0.378. The molecular weight excluding hydrogens is 575 g/mol. The minimum Gasteiger partial charge on any atom is -0.497 e. The second kappa shape index (κ2) is 12.0. The van der Waals surface area contributed by atoms with Gasteiger partial charge in [-0.05, 0) is 70.6 Å². The molecule has 3 N–H and O–H groups in total. The maximum atomic E-state index is 13.0. The first-order valence-corrected chi connectivity index (χ1v) is 13.1. The van der Waals surface area contributed by atoms with Crippen LogP contribution in [-0.2, 0) is 24.3 Å². The van der Waals surface area contributed by atoms with Crippen LogP contribution in [0.25, 0.3) is 0 Å². The minimum absolute atomic E-state index is 0.00843. The van der Waals surface area contributed by atoms with Crippen molar-refractivity contribution < 1.29 is 32.5 Å². The standard InChI is InChI=1S/C23H27IN2O7S/c1-31-19-6-8-20(9-7-19)34(29,30)26(10-12-27)11-13-32-22-15-17(14-21(33-22)23(25)28)16-2-4-18(24)5-3-16/h2-9,14,17,22,27H,10-13,15H2,1H3,(H2,25,28)/t17-,22+/m0/s1. The molecule has 0 saturated heterocycles. The zero-order valence-corrected chi connectivity index (χ0v) is 21.6. The lowest BCUT2D eigenvalue weighted by Gasteiger charge is -2.29. The number of nitrogens with two attached hydrogens (primary N) is 1. The SMILES string of the molecule is COc1ccc(S(=O)(=O)N(CCO)CCO[C@H]2C[C@@H](c3ccc(I)cc3)C=C(C(N)=O)O2)cc1. The molecule has 1 heterocycles. The average Bonchev–Trinajstić information content (AvgIpc) is 2.83. The summed E-state index contributed by atoms with van der Waals surface area (Å²) >= 11 is 2.21. The highest BCUT2D eigenvalue weighted by molar-refractivity contribution is 14.1.